The third-order valence-electron chi connectivity index (χ3n) is 3.54. The molecule has 4 heteroatoms. The summed E-state index contributed by atoms with van der Waals surface area (Å²) >= 11 is 4.27. The summed E-state index contributed by atoms with van der Waals surface area (Å²) < 4.78 is 5.24. The lowest BCUT2D eigenvalue weighted by molar-refractivity contribution is -0.133. The van der Waals surface area contributed by atoms with Crippen LogP contribution < -0.4 is 0 Å². The van der Waals surface area contributed by atoms with Crippen LogP contribution in [0.3, 0.4) is 0 Å². The van der Waals surface area contributed by atoms with E-state index in [4.69, 9.17) is 4.18 Å². The van der Waals surface area contributed by atoms with Gasteiger partial charge in [-0.05, 0) is 61.2 Å². The average molecular weight is 411 g/mol. The van der Waals surface area contributed by atoms with Crippen molar-refractivity contribution in [2.24, 2.45) is 0 Å². The minimum Gasteiger partial charge on any atom is -0.406 e. The smallest absolute Gasteiger partial charge is 0.316 e. The van der Waals surface area contributed by atoms with Crippen LogP contribution in [0.2, 0.25) is 0 Å². The van der Waals surface area contributed by atoms with Gasteiger partial charge in [0, 0.05) is 18.9 Å². The predicted octanol–water partition coefficient (Wildman–Crippen LogP) is 7.67. The number of allylic oxidation sites excluding steroid dienone is 10. The number of rotatable bonds is 14. The average Bonchev–Trinajstić information content (AvgIpc) is 2.58. The van der Waals surface area contributed by atoms with E-state index in [0.29, 0.717) is 6.42 Å². The number of thiol groups is 1. The number of unbranched alkanes of at least 4 members (excludes halogenated alkanes) is 1. The highest BCUT2D eigenvalue weighted by Crippen LogP contribution is 2.46. The van der Waals surface area contributed by atoms with Gasteiger partial charge < -0.3 is 4.18 Å². The van der Waals surface area contributed by atoms with Gasteiger partial charge in [0.15, 0.2) is 0 Å². The van der Waals surface area contributed by atoms with Gasteiger partial charge in [-0.15, -0.1) is 0 Å². The fourth-order valence-electron chi connectivity index (χ4n) is 2.18. The van der Waals surface area contributed by atoms with Gasteiger partial charge in [-0.25, -0.2) is 0 Å². The zero-order chi connectivity index (χ0) is 20.4. The van der Waals surface area contributed by atoms with E-state index in [1.165, 1.54) is 5.57 Å². The first kappa shape index (κ1) is 25.9. The normalized spacial score (nSPS) is 14.2. The standard InChI is InChI=1S/C23H38O2S2/c1-5-6-7-8-10-13-16-19-22(2)20-17-14-11-9-12-15-18-21-23(24)25-27(3,4)26/h6-7,9-10,12-14,17,19,26H,5,8,11,15-16,18,20-21H2,1-4H3. The number of hydrogen-bond acceptors (Lipinski definition) is 3. The van der Waals surface area contributed by atoms with Gasteiger partial charge in [0.05, 0.1) is 0 Å². The monoisotopic (exact) mass is 410 g/mol. The van der Waals surface area contributed by atoms with Crippen molar-refractivity contribution < 1.29 is 8.98 Å². The molecular formula is C23H38O2S2. The molecule has 0 saturated heterocycles. The van der Waals surface area contributed by atoms with Crippen molar-refractivity contribution in [3.63, 3.8) is 0 Å². The topological polar surface area (TPSA) is 26.3 Å². The van der Waals surface area contributed by atoms with Crippen LogP contribution in [0.25, 0.3) is 0 Å². The molecule has 0 saturated carbocycles. The Hall–Kier alpha value is -1.13. The minimum absolute atomic E-state index is 0.146. The van der Waals surface area contributed by atoms with Gasteiger partial charge >= 0.3 is 5.97 Å². The lowest BCUT2D eigenvalue weighted by Crippen LogP contribution is -2.04. The van der Waals surface area contributed by atoms with Crippen LogP contribution >= 0.6 is 21.0 Å². The molecule has 154 valence electrons. The van der Waals surface area contributed by atoms with E-state index in [1.807, 2.05) is 12.5 Å². The zero-order valence-electron chi connectivity index (χ0n) is 17.5. The van der Waals surface area contributed by atoms with Crippen LogP contribution in [0.4, 0.5) is 0 Å². The molecule has 27 heavy (non-hydrogen) atoms. The second kappa shape index (κ2) is 17.0. The highest BCUT2D eigenvalue weighted by molar-refractivity contribution is 8.85. The van der Waals surface area contributed by atoms with E-state index in [2.05, 4.69) is 80.2 Å². The fraction of sp³-hybridized carbons (Fsp3) is 0.522. The minimum atomic E-state index is -1.49. The molecule has 0 aromatic rings. The maximum Gasteiger partial charge on any atom is 0.316 e. The number of hydrogen-bond donors (Lipinski definition) is 1. The van der Waals surface area contributed by atoms with Gasteiger partial charge in [-0.1, -0.05) is 78.8 Å². The Balaban J connectivity index is 3.75. The van der Waals surface area contributed by atoms with Gasteiger partial charge in [-0.2, -0.15) is 0 Å². The molecule has 0 aliphatic heterocycles. The van der Waals surface area contributed by atoms with E-state index in [9.17, 15) is 4.79 Å². The van der Waals surface area contributed by atoms with Crippen LogP contribution in [0.1, 0.15) is 65.2 Å². The molecular weight excluding hydrogens is 372 g/mol. The third-order valence-corrected chi connectivity index (χ3v) is 4.35. The van der Waals surface area contributed by atoms with Crippen molar-refractivity contribution >= 4 is 27.0 Å². The molecule has 0 aromatic heterocycles. The molecule has 0 aromatic carbocycles. The summed E-state index contributed by atoms with van der Waals surface area (Å²) in [5.74, 6) is -0.146. The first-order valence-corrected chi connectivity index (χ1v) is 13.2. The van der Waals surface area contributed by atoms with Crippen molar-refractivity contribution in [1.29, 1.82) is 0 Å². The summed E-state index contributed by atoms with van der Waals surface area (Å²) in [4.78, 5) is 11.6. The third kappa shape index (κ3) is 21.0. The maximum atomic E-state index is 11.6. The molecule has 0 radical (unpaired) electrons. The molecule has 0 N–H and O–H groups in total. The predicted molar refractivity (Wildman–Crippen MR) is 127 cm³/mol. The second-order valence-corrected chi connectivity index (χ2v) is 12.0. The lowest BCUT2D eigenvalue weighted by Gasteiger charge is -2.23. The van der Waals surface area contributed by atoms with E-state index in [0.717, 1.165) is 44.9 Å². The zero-order valence-corrected chi connectivity index (χ0v) is 19.2. The Morgan fingerprint density at radius 3 is 2.19 bits per heavy atom. The molecule has 0 bridgehead atoms. The molecule has 0 spiro atoms. The Labute approximate surface area is 173 Å². The molecule has 0 rings (SSSR count). The molecule has 2 nitrogen and oxygen atoms in total. The van der Waals surface area contributed by atoms with Crippen molar-refractivity contribution in [3.8, 4) is 0 Å². The van der Waals surface area contributed by atoms with E-state index >= 15 is 0 Å². The summed E-state index contributed by atoms with van der Waals surface area (Å²) in [6.07, 6.45) is 30.8. The van der Waals surface area contributed by atoms with Crippen LogP contribution in [-0.4, -0.2) is 18.5 Å². The molecule has 0 atom stereocenters. The van der Waals surface area contributed by atoms with Crippen LogP contribution in [-0.2, 0) is 8.98 Å². The largest absolute Gasteiger partial charge is 0.406 e. The SMILES string of the molecule is CCC=CCC=CCC=C(C)CC=CCC=CCCCC(=O)OS(C)(C)S. The Morgan fingerprint density at radius 1 is 0.926 bits per heavy atom. The highest BCUT2D eigenvalue weighted by Gasteiger charge is 2.11. The summed E-state index contributed by atoms with van der Waals surface area (Å²) in [7, 11) is -1.49. The molecule has 0 aliphatic rings. The summed E-state index contributed by atoms with van der Waals surface area (Å²) in [6, 6.07) is 0. The van der Waals surface area contributed by atoms with Gasteiger partial charge in [-0.3, -0.25) is 4.79 Å². The van der Waals surface area contributed by atoms with Gasteiger partial charge in [0.1, 0.15) is 0 Å². The maximum absolute atomic E-state index is 11.6. The van der Waals surface area contributed by atoms with E-state index < -0.39 is 9.34 Å². The summed E-state index contributed by atoms with van der Waals surface area (Å²) in [5.41, 5.74) is 1.40. The van der Waals surface area contributed by atoms with Gasteiger partial charge in [0.25, 0.3) is 0 Å². The Morgan fingerprint density at radius 2 is 1.52 bits per heavy atom. The second-order valence-electron chi connectivity index (χ2n) is 6.78. The number of carbonyl (C=O) groups excluding carboxylic acids is 1. The molecule has 0 unspecified atom stereocenters. The molecule has 0 fully saturated rings. The van der Waals surface area contributed by atoms with E-state index in [1.54, 1.807) is 0 Å². The van der Waals surface area contributed by atoms with Crippen LogP contribution in [0.15, 0.2) is 60.3 Å². The van der Waals surface area contributed by atoms with Crippen molar-refractivity contribution in [1.82, 2.24) is 0 Å². The highest BCUT2D eigenvalue weighted by atomic mass is 33.1. The fourth-order valence-corrected chi connectivity index (χ4v) is 2.97. The Bertz CT molecular complexity index is 535. The van der Waals surface area contributed by atoms with Crippen LogP contribution in [0.5, 0.6) is 0 Å². The first-order valence-electron chi connectivity index (χ1n) is 9.78. The van der Waals surface area contributed by atoms with Crippen molar-refractivity contribution in [2.75, 3.05) is 12.5 Å². The van der Waals surface area contributed by atoms with Crippen molar-refractivity contribution in [3.05, 3.63) is 60.3 Å². The lowest BCUT2D eigenvalue weighted by atomic mass is 10.1. The molecule has 0 aliphatic carbocycles. The first-order chi connectivity index (χ1) is 12.8. The summed E-state index contributed by atoms with van der Waals surface area (Å²) in [5, 5.41) is 0. The van der Waals surface area contributed by atoms with Gasteiger partial charge in [0.2, 0.25) is 0 Å². The number of carbonyl (C=O) groups is 1. The van der Waals surface area contributed by atoms with E-state index in [-0.39, 0.29) is 5.97 Å². The molecule has 0 amide bonds. The molecule has 0 heterocycles. The summed E-state index contributed by atoms with van der Waals surface area (Å²) in [6.45, 7) is 4.33. The van der Waals surface area contributed by atoms with Crippen molar-refractivity contribution in [2.45, 2.75) is 65.2 Å². The Kier molecular flexibility index (Phi) is 16.3. The van der Waals surface area contributed by atoms with Crippen LogP contribution in [0, 0.1) is 0 Å². The quantitative estimate of drug-likeness (QED) is 0.138.